The van der Waals surface area contributed by atoms with Crippen molar-refractivity contribution in [3.8, 4) is 5.88 Å². The average Bonchev–Trinajstić information content (AvgIpc) is 2.84. The van der Waals surface area contributed by atoms with Gasteiger partial charge < -0.3 is 10.1 Å². The summed E-state index contributed by atoms with van der Waals surface area (Å²) < 4.78 is 5.25. The predicted molar refractivity (Wildman–Crippen MR) is 72.6 cm³/mol. The van der Waals surface area contributed by atoms with E-state index in [1.54, 1.807) is 13.3 Å². The largest absolute Gasteiger partial charge is 0.481 e. The zero-order chi connectivity index (χ0) is 12.1. The van der Waals surface area contributed by atoms with Crippen LogP contribution >= 0.6 is 11.8 Å². The quantitative estimate of drug-likeness (QED) is 0.873. The molecule has 0 saturated heterocycles. The van der Waals surface area contributed by atoms with Crippen LogP contribution in [-0.4, -0.2) is 29.6 Å². The van der Waals surface area contributed by atoms with Crippen molar-refractivity contribution >= 4 is 11.8 Å². The van der Waals surface area contributed by atoms with Crippen LogP contribution in [-0.2, 0) is 6.54 Å². The third kappa shape index (κ3) is 3.36. The summed E-state index contributed by atoms with van der Waals surface area (Å²) in [6, 6.07) is 4.68. The Morgan fingerprint density at radius 2 is 2.41 bits per heavy atom. The monoisotopic (exact) mass is 252 g/mol. The second-order valence-corrected chi connectivity index (χ2v) is 5.56. The smallest absolute Gasteiger partial charge is 0.217 e. The molecule has 4 heteroatoms. The number of thioether (sulfide) groups is 1. The van der Waals surface area contributed by atoms with Crippen molar-refractivity contribution in [3.63, 3.8) is 0 Å². The average molecular weight is 252 g/mol. The number of nitrogens with zero attached hydrogens (tertiary/aromatic N) is 1. The molecular weight excluding hydrogens is 232 g/mol. The van der Waals surface area contributed by atoms with Crippen LogP contribution in [0.3, 0.4) is 0 Å². The molecule has 0 aromatic carbocycles. The molecule has 1 saturated carbocycles. The van der Waals surface area contributed by atoms with Gasteiger partial charge in [-0.15, -0.1) is 0 Å². The minimum Gasteiger partial charge on any atom is -0.481 e. The summed E-state index contributed by atoms with van der Waals surface area (Å²) in [5, 5.41) is 4.44. The molecule has 0 radical (unpaired) electrons. The SMILES string of the molecule is COc1ncccc1CNC1CCC(SC)C1. The van der Waals surface area contributed by atoms with Gasteiger partial charge in [0.1, 0.15) is 0 Å². The fraction of sp³-hybridized carbons (Fsp3) is 0.615. The second-order valence-electron chi connectivity index (χ2n) is 4.42. The van der Waals surface area contributed by atoms with E-state index in [2.05, 4.69) is 22.6 Å². The molecule has 1 N–H and O–H groups in total. The lowest BCUT2D eigenvalue weighted by molar-refractivity contribution is 0.388. The Balaban J connectivity index is 1.85. The first-order valence-corrected chi connectivity index (χ1v) is 7.36. The zero-order valence-electron chi connectivity index (χ0n) is 10.5. The zero-order valence-corrected chi connectivity index (χ0v) is 11.3. The Bertz CT molecular complexity index is 359. The van der Waals surface area contributed by atoms with Gasteiger partial charge in [0, 0.05) is 29.6 Å². The number of hydrogen-bond acceptors (Lipinski definition) is 4. The molecule has 3 nitrogen and oxygen atoms in total. The van der Waals surface area contributed by atoms with Gasteiger partial charge in [-0.2, -0.15) is 11.8 Å². The van der Waals surface area contributed by atoms with Gasteiger partial charge in [0.05, 0.1) is 7.11 Å². The molecule has 1 fully saturated rings. The Hall–Kier alpha value is -0.740. The lowest BCUT2D eigenvalue weighted by Crippen LogP contribution is -2.26. The summed E-state index contributed by atoms with van der Waals surface area (Å²) >= 11 is 1.99. The number of methoxy groups -OCH3 is 1. The maximum atomic E-state index is 5.25. The summed E-state index contributed by atoms with van der Waals surface area (Å²) in [4.78, 5) is 4.21. The van der Waals surface area contributed by atoms with Crippen LogP contribution in [0.1, 0.15) is 24.8 Å². The number of aromatic nitrogens is 1. The lowest BCUT2D eigenvalue weighted by Gasteiger charge is -2.13. The molecule has 1 aromatic heterocycles. The Morgan fingerprint density at radius 3 is 3.12 bits per heavy atom. The molecule has 2 rings (SSSR count). The summed E-state index contributed by atoms with van der Waals surface area (Å²) in [7, 11) is 1.67. The highest BCUT2D eigenvalue weighted by Crippen LogP contribution is 2.28. The van der Waals surface area contributed by atoms with Crippen LogP contribution in [0, 0.1) is 0 Å². The van der Waals surface area contributed by atoms with E-state index in [-0.39, 0.29) is 0 Å². The van der Waals surface area contributed by atoms with E-state index < -0.39 is 0 Å². The van der Waals surface area contributed by atoms with Gasteiger partial charge in [0.2, 0.25) is 5.88 Å². The van der Waals surface area contributed by atoms with Crippen molar-refractivity contribution in [1.29, 1.82) is 0 Å². The van der Waals surface area contributed by atoms with Gasteiger partial charge in [0.25, 0.3) is 0 Å². The Labute approximate surface area is 107 Å². The maximum Gasteiger partial charge on any atom is 0.217 e. The number of nitrogens with one attached hydrogen (secondary N) is 1. The van der Waals surface area contributed by atoms with E-state index in [0.29, 0.717) is 6.04 Å². The standard InChI is InChI=1S/C13H20N2OS/c1-16-13-10(4-3-7-14-13)9-15-11-5-6-12(8-11)17-2/h3-4,7,11-12,15H,5-6,8-9H2,1-2H3. The highest BCUT2D eigenvalue weighted by molar-refractivity contribution is 7.99. The maximum absolute atomic E-state index is 5.25. The van der Waals surface area contributed by atoms with E-state index in [1.165, 1.54) is 19.3 Å². The van der Waals surface area contributed by atoms with Gasteiger partial charge >= 0.3 is 0 Å². The minimum atomic E-state index is 0.650. The molecule has 1 aromatic rings. The van der Waals surface area contributed by atoms with Crippen molar-refractivity contribution in [2.45, 2.75) is 37.1 Å². The van der Waals surface area contributed by atoms with E-state index >= 15 is 0 Å². The normalized spacial score (nSPS) is 23.9. The van der Waals surface area contributed by atoms with Crippen LogP contribution in [0.4, 0.5) is 0 Å². The molecule has 17 heavy (non-hydrogen) atoms. The van der Waals surface area contributed by atoms with E-state index in [9.17, 15) is 0 Å². The van der Waals surface area contributed by atoms with Gasteiger partial charge in [-0.1, -0.05) is 6.07 Å². The predicted octanol–water partition coefficient (Wildman–Crippen LogP) is 2.46. The van der Waals surface area contributed by atoms with Crippen LogP contribution < -0.4 is 10.1 Å². The highest BCUT2D eigenvalue weighted by Gasteiger charge is 2.23. The summed E-state index contributed by atoms with van der Waals surface area (Å²) in [5.41, 5.74) is 1.14. The number of rotatable bonds is 5. The number of hydrogen-bond donors (Lipinski definition) is 1. The number of pyridine rings is 1. The molecule has 2 unspecified atom stereocenters. The minimum absolute atomic E-state index is 0.650. The van der Waals surface area contributed by atoms with Crippen molar-refractivity contribution in [1.82, 2.24) is 10.3 Å². The van der Waals surface area contributed by atoms with Gasteiger partial charge in [0.15, 0.2) is 0 Å². The fourth-order valence-corrected chi connectivity index (χ4v) is 3.13. The van der Waals surface area contributed by atoms with Gasteiger partial charge in [-0.25, -0.2) is 4.98 Å². The van der Waals surface area contributed by atoms with Crippen LogP contribution in [0.25, 0.3) is 0 Å². The summed E-state index contributed by atoms with van der Waals surface area (Å²) in [6.07, 6.45) is 7.87. The molecule has 1 aliphatic carbocycles. The van der Waals surface area contributed by atoms with Crippen LogP contribution in [0.15, 0.2) is 18.3 Å². The molecule has 0 bridgehead atoms. The number of ether oxygens (including phenoxy) is 1. The summed E-state index contributed by atoms with van der Waals surface area (Å²) in [6.45, 7) is 0.850. The molecule has 0 spiro atoms. The molecule has 1 heterocycles. The third-order valence-corrected chi connectivity index (χ3v) is 4.44. The van der Waals surface area contributed by atoms with Crippen LogP contribution in [0.2, 0.25) is 0 Å². The molecule has 0 amide bonds. The molecule has 0 aliphatic heterocycles. The highest BCUT2D eigenvalue weighted by atomic mass is 32.2. The first-order valence-electron chi connectivity index (χ1n) is 6.07. The molecule has 94 valence electrons. The lowest BCUT2D eigenvalue weighted by atomic mass is 10.2. The first-order chi connectivity index (χ1) is 8.33. The van der Waals surface area contributed by atoms with E-state index in [1.807, 2.05) is 17.8 Å². The van der Waals surface area contributed by atoms with Gasteiger partial charge in [-0.05, 0) is 31.6 Å². The Kier molecular flexibility index (Phi) is 4.68. The topological polar surface area (TPSA) is 34.1 Å². The van der Waals surface area contributed by atoms with E-state index in [4.69, 9.17) is 4.74 Å². The van der Waals surface area contributed by atoms with E-state index in [0.717, 1.165) is 23.2 Å². The van der Waals surface area contributed by atoms with Crippen molar-refractivity contribution in [3.05, 3.63) is 23.9 Å². The first kappa shape index (κ1) is 12.7. The molecule has 1 aliphatic rings. The van der Waals surface area contributed by atoms with Gasteiger partial charge in [-0.3, -0.25) is 0 Å². The van der Waals surface area contributed by atoms with Crippen molar-refractivity contribution in [2.24, 2.45) is 0 Å². The second kappa shape index (κ2) is 6.26. The van der Waals surface area contributed by atoms with Crippen molar-refractivity contribution in [2.75, 3.05) is 13.4 Å². The molecular formula is C13H20N2OS. The fourth-order valence-electron chi connectivity index (χ4n) is 2.34. The van der Waals surface area contributed by atoms with Crippen molar-refractivity contribution < 1.29 is 4.74 Å². The summed E-state index contributed by atoms with van der Waals surface area (Å²) in [5.74, 6) is 0.736. The third-order valence-electron chi connectivity index (χ3n) is 3.34. The van der Waals surface area contributed by atoms with Crippen LogP contribution in [0.5, 0.6) is 5.88 Å². The Morgan fingerprint density at radius 1 is 1.53 bits per heavy atom. The molecule has 2 atom stereocenters.